The van der Waals surface area contributed by atoms with E-state index in [2.05, 4.69) is 5.16 Å². The first-order valence-corrected chi connectivity index (χ1v) is 10.8. The Bertz CT molecular complexity index is 1320. The molecule has 0 spiro atoms. The highest BCUT2D eigenvalue weighted by Crippen LogP contribution is 2.38. The number of oxime groups is 1. The van der Waals surface area contributed by atoms with Crippen LogP contribution in [0.1, 0.15) is 24.0 Å². The minimum atomic E-state index is -4.92. The van der Waals surface area contributed by atoms with Crippen molar-refractivity contribution in [2.75, 3.05) is 13.1 Å². The Balaban J connectivity index is 1.91. The SMILES string of the molecule is N/C(=N\O)c1cn(CC(=O)N2CCCC2)c(=O)c2c(-c3ccc(F)c(C(F)(F)F)c3)csc12. The van der Waals surface area contributed by atoms with Crippen molar-refractivity contribution in [3.05, 3.63) is 57.1 Å². The van der Waals surface area contributed by atoms with E-state index in [1.54, 1.807) is 4.90 Å². The largest absolute Gasteiger partial charge is 0.419 e. The van der Waals surface area contributed by atoms with Gasteiger partial charge in [-0.25, -0.2) is 4.39 Å². The Kier molecular flexibility index (Phi) is 5.87. The molecule has 0 radical (unpaired) electrons. The highest BCUT2D eigenvalue weighted by atomic mass is 32.1. The van der Waals surface area contributed by atoms with Gasteiger partial charge < -0.3 is 20.4 Å². The lowest BCUT2D eigenvalue weighted by Gasteiger charge is -2.17. The fourth-order valence-electron chi connectivity index (χ4n) is 3.87. The van der Waals surface area contributed by atoms with Gasteiger partial charge in [0.1, 0.15) is 12.4 Å². The van der Waals surface area contributed by atoms with E-state index in [4.69, 9.17) is 5.73 Å². The molecule has 2 aromatic heterocycles. The molecule has 3 N–H and O–H groups in total. The minimum Gasteiger partial charge on any atom is -0.409 e. The Morgan fingerprint density at radius 1 is 1.24 bits per heavy atom. The van der Waals surface area contributed by atoms with E-state index in [9.17, 15) is 32.4 Å². The summed E-state index contributed by atoms with van der Waals surface area (Å²) in [6, 6.07) is 2.46. The van der Waals surface area contributed by atoms with Crippen LogP contribution in [-0.4, -0.2) is 39.5 Å². The van der Waals surface area contributed by atoms with Crippen molar-refractivity contribution in [1.82, 2.24) is 9.47 Å². The standard InChI is InChI=1S/C21H18F4N4O3S/c22-15-4-3-11(7-14(15)21(23,24)25)13-10-33-18-12(19(26)27-32)8-29(20(31)17(13)18)9-16(30)28-5-1-2-6-28/h3-4,7-8,10,32H,1-2,5-6,9H2,(H2,26,27). The molecule has 1 amide bonds. The Morgan fingerprint density at radius 2 is 1.94 bits per heavy atom. The third kappa shape index (κ3) is 4.17. The first-order valence-electron chi connectivity index (χ1n) is 9.89. The monoisotopic (exact) mass is 482 g/mol. The van der Waals surface area contributed by atoms with Gasteiger partial charge in [-0.1, -0.05) is 11.2 Å². The Morgan fingerprint density at radius 3 is 2.58 bits per heavy atom. The number of fused-ring (bicyclic) bond motifs is 1. The number of alkyl halides is 3. The van der Waals surface area contributed by atoms with Gasteiger partial charge in [-0.3, -0.25) is 9.59 Å². The van der Waals surface area contributed by atoms with Gasteiger partial charge in [-0.2, -0.15) is 13.2 Å². The van der Waals surface area contributed by atoms with E-state index < -0.39 is 23.1 Å². The van der Waals surface area contributed by atoms with E-state index in [1.807, 2.05) is 0 Å². The minimum absolute atomic E-state index is 0.00180. The molecular formula is C21H18F4N4O3S. The lowest BCUT2D eigenvalue weighted by molar-refractivity contribution is -0.140. The number of hydrogen-bond acceptors (Lipinski definition) is 5. The molecule has 33 heavy (non-hydrogen) atoms. The van der Waals surface area contributed by atoms with Gasteiger partial charge in [0.25, 0.3) is 5.56 Å². The molecule has 3 heterocycles. The summed E-state index contributed by atoms with van der Waals surface area (Å²) in [7, 11) is 0. The summed E-state index contributed by atoms with van der Waals surface area (Å²) in [6.07, 6.45) is -1.92. The van der Waals surface area contributed by atoms with Gasteiger partial charge in [0.15, 0.2) is 5.84 Å². The maximum Gasteiger partial charge on any atom is 0.419 e. The molecule has 1 fully saturated rings. The number of thiophene rings is 1. The number of hydrogen-bond donors (Lipinski definition) is 2. The van der Waals surface area contributed by atoms with Crippen LogP contribution in [0, 0.1) is 5.82 Å². The van der Waals surface area contributed by atoms with Gasteiger partial charge >= 0.3 is 6.18 Å². The number of amides is 1. The molecule has 0 unspecified atom stereocenters. The van der Waals surface area contributed by atoms with Crippen molar-refractivity contribution in [2.24, 2.45) is 10.9 Å². The molecule has 0 bridgehead atoms. The number of rotatable bonds is 4. The molecule has 174 valence electrons. The van der Waals surface area contributed by atoms with Crippen molar-refractivity contribution >= 4 is 33.2 Å². The maximum absolute atomic E-state index is 13.8. The zero-order chi connectivity index (χ0) is 23.9. The normalized spacial score (nSPS) is 14.9. The molecule has 12 heteroatoms. The summed E-state index contributed by atoms with van der Waals surface area (Å²) in [6.45, 7) is 0.831. The first-order chi connectivity index (χ1) is 15.6. The number of benzene rings is 1. The second-order valence-electron chi connectivity index (χ2n) is 7.59. The summed E-state index contributed by atoms with van der Waals surface area (Å²) in [5, 5.41) is 13.6. The summed E-state index contributed by atoms with van der Waals surface area (Å²) in [4.78, 5) is 27.6. The van der Waals surface area contributed by atoms with Crippen LogP contribution in [-0.2, 0) is 17.5 Å². The molecule has 0 saturated carbocycles. The van der Waals surface area contributed by atoms with Gasteiger partial charge in [0, 0.05) is 30.2 Å². The molecule has 0 aliphatic carbocycles. The highest BCUT2D eigenvalue weighted by molar-refractivity contribution is 7.18. The first kappa shape index (κ1) is 22.8. The molecule has 1 aliphatic rings. The molecule has 1 saturated heterocycles. The number of aromatic nitrogens is 1. The summed E-state index contributed by atoms with van der Waals surface area (Å²) < 4.78 is 54.8. The number of amidine groups is 1. The van der Waals surface area contributed by atoms with Crippen LogP contribution in [0.3, 0.4) is 0 Å². The van der Waals surface area contributed by atoms with Crippen LogP contribution in [0.2, 0.25) is 0 Å². The van der Waals surface area contributed by atoms with E-state index in [0.717, 1.165) is 34.8 Å². The number of carbonyl (C=O) groups excluding carboxylic acids is 1. The Labute approximate surface area is 188 Å². The number of carbonyl (C=O) groups is 1. The van der Waals surface area contributed by atoms with Crippen LogP contribution in [0.5, 0.6) is 0 Å². The van der Waals surface area contributed by atoms with Crippen LogP contribution < -0.4 is 11.3 Å². The summed E-state index contributed by atoms with van der Waals surface area (Å²) in [5.41, 5.74) is 3.94. The van der Waals surface area contributed by atoms with Crippen LogP contribution in [0.15, 0.2) is 39.7 Å². The number of nitrogens with zero attached hydrogens (tertiary/aromatic N) is 3. The Hall–Kier alpha value is -3.41. The van der Waals surface area contributed by atoms with Crippen molar-refractivity contribution in [3.63, 3.8) is 0 Å². The van der Waals surface area contributed by atoms with Gasteiger partial charge in [-0.15, -0.1) is 11.3 Å². The fraction of sp³-hybridized carbons (Fsp3) is 0.286. The molecule has 4 rings (SSSR count). The quantitative estimate of drug-likeness (QED) is 0.195. The van der Waals surface area contributed by atoms with Crippen molar-refractivity contribution < 1.29 is 27.6 Å². The molecule has 1 aromatic carbocycles. The average Bonchev–Trinajstić information content (AvgIpc) is 3.45. The lowest BCUT2D eigenvalue weighted by atomic mass is 10.0. The maximum atomic E-state index is 13.8. The van der Waals surface area contributed by atoms with E-state index in [1.165, 1.54) is 11.6 Å². The van der Waals surface area contributed by atoms with Crippen molar-refractivity contribution in [1.29, 1.82) is 0 Å². The van der Waals surface area contributed by atoms with Crippen molar-refractivity contribution in [3.8, 4) is 11.1 Å². The number of nitrogens with two attached hydrogens (primary N) is 1. The zero-order valence-electron chi connectivity index (χ0n) is 17.0. The van der Waals surface area contributed by atoms with Gasteiger partial charge in [0.2, 0.25) is 5.91 Å². The highest BCUT2D eigenvalue weighted by Gasteiger charge is 2.34. The topological polar surface area (TPSA) is 101 Å². The van der Waals surface area contributed by atoms with E-state index in [-0.39, 0.29) is 45.1 Å². The molecular weight excluding hydrogens is 464 g/mol. The van der Waals surface area contributed by atoms with E-state index >= 15 is 0 Å². The lowest BCUT2D eigenvalue weighted by Crippen LogP contribution is -2.35. The van der Waals surface area contributed by atoms with Gasteiger partial charge in [0.05, 0.1) is 21.2 Å². The molecule has 7 nitrogen and oxygen atoms in total. The van der Waals surface area contributed by atoms with Gasteiger partial charge in [-0.05, 0) is 30.5 Å². The fourth-order valence-corrected chi connectivity index (χ4v) is 4.96. The average molecular weight is 482 g/mol. The zero-order valence-corrected chi connectivity index (χ0v) is 17.8. The smallest absolute Gasteiger partial charge is 0.409 e. The second-order valence-corrected chi connectivity index (χ2v) is 8.47. The number of pyridine rings is 1. The van der Waals surface area contributed by atoms with E-state index in [0.29, 0.717) is 25.2 Å². The third-order valence-electron chi connectivity index (χ3n) is 5.53. The van der Waals surface area contributed by atoms with Crippen LogP contribution in [0.4, 0.5) is 17.6 Å². The summed E-state index contributed by atoms with van der Waals surface area (Å²) in [5.74, 6) is -2.06. The molecule has 0 atom stereocenters. The number of halogens is 4. The molecule has 3 aromatic rings. The molecule has 1 aliphatic heterocycles. The van der Waals surface area contributed by atoms with Crippen LogP contribution >= 0.6 is 11.3 Å². The summed E-state index contributed by atoms with van der Waals surface area (Å²) >= 11 is 1.01. The van der Waals surface area contributed by atoms with Crippen molar-refractivity contribution in [2.45, 2.75) is 25.6 Å². The van der Waals surface area contributed by atoms with Crippen LogP contribution in [0.25, 0.3) is 21.2 Å². The number of likely N-dealkylation sites (tertiary alicyclic amines) is 1. The predicted molar refractivity (Wildman–Crippen MR) is 115 cm³/mol. The second kappa shape index (κ2) is 8.50. The third-order valence-corrected chi connectivity index (χ3v) is 6.54. The predicted octanol–water partition coefficient (Wildman–Crippen LogP) is 3.60.